The maximum Gasteiger partial charge on any atom is 0.272 e. The lowest BCUT2D eigenvalue weighted by Crippen LogP contribution is -2.22. The van der Waals surface area contributed by atoms with Crippen LogP contribution in [0.2, 0.25) is 0 Å². The Kier molecular flexibility index (Phi) is 4.31. The van der Waals surface area contributed by atoms with Gasteiger partial charge in [0, 0.05) is 13.2 Å². The number of aromatic nitrogens is 2. The molecule has 2 heterocycles. The highest BCUT2D eigenvalue weighted by Crippen LogP contribution is 2.13. The molecule has 18 heavy (non-hydrogen) atoms. The van der Waals surface area contributed by atoms with Gasteiger partial charge in [-0.05, 0) is 43.9 Å². The minimum Gasteiger partial charge on any atom is -0.379 e. The highest BCUT2D eigenvalue weighted by atomic mass is 32.1. The third kappa shape index (κ3) is 2.88. The maximum absolute atomic E-state index is 12.2. The number of H-pyrrole nitrogens is 1. The fourth-order valence-electron chi connectivity index (χ4n) is 1.72. The molecule has 0 saturated carbocycles. The van der Waals surface area contributed by atoms with Crippen molar-refractivity contribution in [3.8, 4) is 0 Å². The summed E-state index contributed by atoms with van der Waals surface area (Å²) in [4.78, 5) is 15.3. The lowest BCUT2D eigenvalue weighted by atomic mass is 10.4. The van der Waals surface area contributed by atoms with Gasteiger partial charge in [0.15, 0.2) is 4.77 Å². The van der Waals surface area contributed by atoms with E-state index in [0.717, 1.165) is 16.6 Å². The molecule has 2 aromatic heterocycles. The Labute approximate surface area is 114 Å². The molecule has 0 aliphatic carbocycles. The first kappa shape index (κ1) is 13.5. The molecule has 0 fully saturated rings. The van der Waals surface area contributed by atoms with Crippen LogP contribution in [-0.2, 0) is 11.3 Å². The number of ether oxygens (including phenoxy) is 1. The van der Waals surface area contributed by atoms with E-state index in [1.165, 1.54) is 11.3 Å². The summed E-state index contributed by atoms with van der Waals surface area (Å²) in [5.41, 5.74) is 0.818. The Morgan fingerprint density at radius 1 is 1.56 bits per heavy atom. The molecule has 0 unspecified atom stereocenters. The smallest absolute Gasteiger partial charge is 0.272 e. The Bertz CT molecular complexity index is 639. The highest BCUT2D eigenvalue weighted by Gasteiger charge is 2.06. The number of fused-ring (bicyclic) bond motifs is 1. The average molecular weight is 284 g/mol. The molecule has 0 bridgehead atoms. The molecule has 0 amide bonds. The van der Waals surface area contributed by atoms with E-state index in [9.17, 15) is 4.79 Å². The van der Waals surface area contributed by atoms with Crippen molar-refractivity contribution in [2.75, 3.05) is 6.61 Å². The first-order chi connectivity index (χ1) is 8.59. The molecular formula is C12H16N2O2S2. The fraction of sp³-hybridized carbons (Fsp3) is 0.500. The average Bonchev–Trinajstić information content (AvgIpc) is 2.75. The maximum atomic E-state index is 12.2. The largest absolute Gasteiger partial charge is 0.379 e. The van der Waals surface area contributed by atoms with Crippen LogP contribution in [0.15, 0.2) is 16.2 Å². The molecule has 2 aromatic rings. The van der Waals surface area contributed by atoms with Crippen LogP contribution in [0.5, 0.6) is 0 Å². The van der Waals surface area contributed by atoms with Gasteiger partial charge in [-0.2, -0.15) is 0 Å². The zero-order chi connectivity index (χ0) is 13.1. The minimum absolute atomic E-state index is 0.00621. The summed E-state index contributed by atoms with van der Waals surface area (Å²) in [5.74, 6) is 0. The van der Waals surface area contributed by atoms with Gasteiger partial charge in [-0.25, -0.2) is 0 Å². The second-order valence-electron chi connectivity index (χ2n) is 4.32. The summed E-state index contributed by atoms with van der Waals surface area (Å²) < 4.78 is 8.28. The summed E-state index contributed by atoms with van der Waals surface area (Å²) in [6.07, 6.45) is 1.00. The molecule has 4 nitrogen and oxygen atoms in total. The van der Waals surface area contributed by atoms with Gasteiger partial charge in [0.05, 0.1) is 11.6 Å². The molecule has 98 valence electrons. The predicted octanol–water partition coefficient (Wildman–Crippen LogP) is 2.94. The van der Waals surface area contributed by atoms with Crippen LogP contribution in [0.25, 0.3) is 10.2 Å². The predicted molar refractivity (Wildman–Crippen MR) is 77.0 cm³/mol. The van der Waals surface area contributed by atoms with Gasteiger partial charge in [-0.3, -0.25) is 9.36 Å². The summed E-state index contributed by atoms with van der Waals surface area (Å²) in [5, 5.41) is 1.89. The molecule has 2 rings (SSSR count). The van der Waals surface area contributed by atoms with E-state index in [0.29, 0.717) is 17.9 Å². The van der Waals surface area contributed by atoms with Crippen LogP contribution >= 0.6 is 23.6 Å². The lowest BCUT2D eigenvalue weighted by Gasteiger charge is -2.09. The Morgan fingerprint density at radius 3 is 3.06 bits per heavy atom. The number of nitrogens with zero attached hydrogens (tertiary/aromatic N) is 1. The summed E-state index contributed by atoms with van der Waals surface area (Å²) in [6, 6.07) is 1.88. The van der Waals surface area contributed by atoms with Crippen LogP contribution in [0.1, 0.15) is 20.3 Å². The number of rotatable bonds is 5. The van der Waals surface area contributed by atoms with Gasteiger partial charge in [-0.1, -0.05) is 0 Å². The van der Waals surface area contributed by atoms with E-state index in [1.807, 2.05) is 25.3 Å². The van der Waals surface area contributed by atoms with Crippen LogP contribution < -0.4 is 5.56 Å². The van der Waals surface area contributed by atoms with Crippen molar-refractivity contribution in [1.29, 1.82) is 0 Å². The molecule has 0 saturated heterocycles. The third-order valence-corrected chi connectivity index (χ3v) is 3.79. The topological polar surface area (TPSA) is 47.0 Å². The van der Waals surface area contributed by atoms with Crippen molar-refractivity contribution >= 4 is 33.8 Å². The van der Waals surface area contributed by atoms with Crippen LogP contribution in [0.3, 0.4) is 0 Å². The molecule has 0 radical (unpaired) electrons. The molecule has 0 aliphatic heterocycles. The standard InChI is InChI=1S/C12H16N2O2S2/c1-8(2)16-6-3-5-14-11(15)10-9(4-7-18-10)13-12(14)17/h4,7-8H,3,5-6H2,1-2H3,(H,13,17). The van der Waals surface area contributed by atoms with Gasteiger partial charge >= 0.3 is 0 Å². The summed E-state index contributed by atoms with van der Waals surface area (Å²) in [6.45, 7) is 5.22. The molecule has 0 aliphatic rings. The first-order valence-electron chi connectivity index (χ1n) is 5.91. The second kappa shape index (κ2) is 5.77. The van der Waals surface area contributed by atoms with E-state index in [-0.39, 0.29) is 11.7 Å². The van der Waals surface area contributed by atoms with Crippen LogP contribution in [0, 0.1) is 4.77 Å². The molecule has 0 atom stereocenters. The van der Waals surface area contributed by atoms with Crippen molar-refractivity contribution < 1.29 is 4.74 Å². The quantitative estimate of drug-likeness (QED) is 0.678. The molecule has 0 spiro atoms. The fourth-order valence-corrected chi connectivity index (χ4v) is 2.80. The number of hydrogen-bond acceptors (Lipinski definition) is 4. The van der Waals surface area contributed by atoms with E-state index >= 15 is 0 Å². The first-order valence-corrected chi connectivity index (χ1v) is 7.20. The third-order valence-electron chi connectivity index (χ3n) is 2.57. The molecule has 6 heteroatoms. The van der Waals surface area contributed by atoms with Crippen molar-refractivity contribution in [2.24, 2.45) is 0 Å². The Morgan fingerprint density at radius 2 is 2.33 bits per heavy atom. The van der Waals surface area contributed by atoms with Gasteiger partial charge in [0.25, 0.3) is 5.56 Å². The van der Waals surface area contributed by atoms with E-state index < -0.39 is 0 Å². The van der Waals surface area contributed by atoms with Crippen LogP contribution in [-0.4, -0.2) is 22.3 Å². The monoisotopic (exact) mass is 284 g/mol. The molecular weight excluding hydrogens is 268 g/mol. The Balaban J connectivity index is 2.17. The molecule has 1 N–H and O–H groups in total. The molecule has 0 aromatic carbocycles. The van der Waals surface area contributed by atoms with E-state index in [1.54, 1.807) is 4.57 Å². The van der Waals surface area contributed by atoms with Crippen LogP contribution in [0.4, 0.5) is 0 Å². The number of aromatic amines is 1. The van der Waals surface area contributed by atoms with E-state index in [4.69, 9.17) is 17.0 Å². The summed E-state index contributed by atoms with van der Waals surface area (Å²) >= 11 is 6.64. The van der Waals surface area contributed by atoms with Gasteiger partial charge in [0.2, 0.25) is 0 Å². The lowest BCUT2D eigenvalue weighted by molar-refractivity contribution is 0.0746. The normalized spacial score (nSPS) is 11.5. The van der Waals surface area contributed by atoms with Crippen molar-refractivity contribution in [3.63, 3.8) is 0 Å². The second-order valence-corrected chi connectivity index (χ2v) is 5.63. The Hall–Kier alpha value is -0.980. The van der Waals surface area contributed by atoms with Crippen molar-refractivity contribution in [2.45, 2.75) is 32.9 Å². The zero-order valence-electron chi connectivity index (χ0n) is 10.4. The number of nitrogens with one attached hydrogen (secondary N) is 1. The van der Waals surface area contributed by atoms with Gasteiger partial charge in [-0.15, -0.1) is 11.3 Å². The van der Waals surface area contributed by atoms with Crippen molar-refractivity contribution in [1.82, 2.24) is 9.55 Å². The zero-order valence-corrected chi connectivity index (χ0v) is 12.1. The SMILES string of the molecule is CC(C)OCCCn1c(=S)[nH]c2ccsc2c1=O. The minimum atomic E-state index is -0.00621. The number of hydrogen-bond donors (Lipinski definition) is 1. The van der Waals surface area contributed by atoms with Crippen molar-refractivity contribution in [3.05, 3.63) is 26.6 Å². The van der Waals surface area contributed by atoms with Gasteiger partial charge < -0.3 is 9.72 Å². The highest BCUT2D eigenvalue weighted by molar-refractivity contribution is 7.71. The van der Waals surface area contributed by atoms with E-state index in [2.05, 4.69) is 4.98 Å². The van der Waals surface area contributed by atoms with Gasteiger partial charge in [0.1, 0.15) is 4.70 Å². The number of thiophene rings is 1. The summed E-state index contributed by atoms with van der Waals surface area (Å²) in [7, 11) is 0.